The molecular formula is C16H19N3O3. The summed E-state index contributed by atoms with van der Waals surface area (Å²) in [5.41, 5.74) is 1.10. The number of hydrogen-bond donors (Lipinski definition) is 1. The Kier molecular flexibility index (Phi) is 4.27. The van der Waals surface area contributed by atoms with Gasteiger partial charge in [-0.3, -0.25) is 0 Å². The van der Waals surface area contributed by atoms with Crippen molar-refractivity contribution in [1.82, 2.24) is 9.97 Å². The fourth-order valence-electron chi connectivity index (χ4n) is 2.19. The van der Waals surface area contributed by atoms with Crippen LogP contribution >= 0.6 is 0 Å². The van der Waals surface area contributed by atoms with E-state index in [1.807, 2.05) is 38.1 Å². The molecule has 0 atom stereocenters. The Balaban J connectivity index is 1.71. The number of fused-ring (bicyclic) bond motifs is 1. The van der Waals surface area contributed by atoms with Crippen LogP contribution < -0.4 is 19.5 Å². The van der Waals surface area contributed by atoms with Crippen molar-refractivity contribution in [2.24, 2.45) is 0 Å². The molecule has 3 rings (SSSR count). The number of anilines is 1. The van der Waals surface area contributed by atoms with E-state index in [0.717, 1.165) is 35.1 Å². The second kappa shape index (κ2) is 6.51. The molecule has 1 aromatic carbocycles. The van der Waals surface area contributed by atoms with Crippen LogP contribution in [0.2, 0.25) is 0 Å². The van der Waals surface area contributed by atoms with Gasteiger partial charge in [0.2, 0.25) is 12.7 Å². The summed E-state index contributed by atoms with van der Waals surface area (Å²) in [6, 6.07) is 7.71. The van der Waals surface area contributed by atoms with Gasteiger partial charge in [-0.1, -0.05) is 13.0 Å². The molecule has 0 spiro atoms. The molecule has 0 saturated heterocycles. The van der Waals surface area contributed by atoms with Crippen molar-refractivity contribution in [1.29, 1.82) is 0 Å². The number of aromatic nitrogens is 2. The quantitative estimate of drug-likeness (QED) is 0.885. The lowest BCUT2D eigenvalue weighted by Crippen LogP contribution is -2.06. The molecule has 1 aliphatic heterocycles. The van der Waals surface area contributed by atoms with Crippen LogP contribution in [0.1, 0.15) is 25.2 Å². The predicted molar refractivity (Wildman–Crippen MR) is 82.5 cm³/mol. The highest BCUT2D eigenvalue weighted by Gasteiger charge is 2.13. The first-order chi connectivity index (χ1) is 10.8. The van der Waals surface area contributed by atoms with Gasteiger partial charge in [-0.25, -0.2) is 4.98 Å². The highest BCUT2D eigenvalue weighted by molar-refractivity contribution is 5.46. The molecule has 0 amide bonds. The van der Waals surface area contributed by atoms with Gasteiger partial charge in [-0.2, -0.15) is 4.98 Å². The molecule has 6 heteroatoms. The molecule has 2 heterocycles. The first-order valence-corrected chi connectivity index (χ1v) is 7.41. The maximum atomic E-state index is 5.47. The number of rotatable bonds is 6. The maximum absolute atomic E-state index is 5.47. The predicted octanol–water partition coefficient (Wildman–Crippen LogP) is 2.78. The first kappa shape index (κ1) is 14.4. The number of aryl methyl sites for hydroxylation is 1. The normalized spacial score (nSPS) is 12.3. The topological polar surface area (TPSA) is 65.5 Å². The summed E-state index contributed by atoms with van der Waals surface area (Å²) >= 11 is 0. The standard InChI is InChI=1S/C16H19N3O3/c1-3-14-18-15(8-16(19-14)20-4-2)17-9-11-5-6-12-13(7-11)22-10-21-12/h5-8H,3-4,9-10H2,1-2H3,(H,17,18,19). The zero-order valence-corrected chi connectivity index (χ0v) is 12.8. The summed E-state index contributed by atoms with van der Waals surface area (Å²) in [7, 11) is 0. The molecule has 0 unspecified atom stereocenters. The Hall–Kier alpha value is -2.50. The van der Waals surface area contributed by atoms with E-state index in [1.54, 1.807) is 0 Å². The number of nitrogens with zero attached hydrogens (tertiary/aromatic N) is 2. The summed E-state index contributed by atoms with van der Waals surface area (Å²) in [5, 5.41) is 3.30. The van der Waals surface area contributed by atoms with Gasteiger partial charge in [-0.15, -0.1) is 0 Å². The fraction of sp³-hybridized carbons (Fsp3) is 0.375. The maximum Gasteiger partial charge on any atom is 0.231 e. The van der Waals surface area contributed by atoms with Gasteiger partial charge >= 0.3 is 0 Å². The zero-order valence-electron chi connectivity index (χ0n) is 12.8. The van der Waals surface area contributed by atoms with Crippen LogP contribution in [0.25, 0.3) is 0 Å². The Morgan fingerprint density at radius 3 is 2.82 bits per heavy atom. The molecule has 2 aromatic rings. The van der Waals surface area contributed by atoms with Gasteiger partial charge in [0, 0.05) is 19.0 Å². The van der Waals surface area contributed by atoms with E-state index >= 15 is 0 Å². The van der Waals surface area contributed by atoms with Crippen LogP contribution in [0.3, 0.4) is 0 Å². The zero-order chi connectivity index (χ0) is 15.4. The molecule has 0 aliphatic carbocycles. The lowest BCUT2D eigenvalue weighted by Gasteiger charge is -2.10. The number of ether oxygens (including phenoxy) is 3. The lowest BCUT2D eigenvalue weighted by atomic mass is 10.2. The van der Waals surface area contributed by atoms with Crippen molar-refractivity contribution in [2.45, 2.75) is 26.8 Å². The van der Waals surface area contributed by atoms with Crippen LogP contribution in [-0.4, -0.2) is 23.4 Å². The first-order valence-electron chi connectivity index (χ1n) is 7.41. The summed E-state index contributed by atoms with van der Waals surface area (Å²) in [6.07, 6.45) is 0.764. The Bertz CT molecular complexity index is 661. The molecule has 116 valence electrons. The van der Waals surface area contributed by atoms with E-state index in [2.05, 4.69) is 15.3 Å². The van der Waals surface area contributed by atoms with Crippen LogP contribution in [0.15, 0.2) is 24.3 Å². The van der Waals surface area contributed by atoms with Crippen molar-refractivity contribution in [3.8, 4) is 17.4 Å². The SMILES string of the molecule is CCOc1cc(NCc2ccc3c(c2)OCO3)nc(CC)n1. The monoisotopic (exact) mass is 301 g/mol. The minimum absolute atomic E-state index is 0.287. The van der Waals surface area contributed by atoms with E-state index in [1.165, 1.54) is 0 Å². The Morgan fingerprint density at radius 1 is 1.14 bits per heavy atom. The van der Waals surface area contributed by atoms with Gasteiger partial charge < -0.3 is 19.5 Å². The van der Waals surface area contributed by atoms with Gasteiger partial charge in [0.25, 0.3) is 0 Å². The third-order valence-corrected chi connectivity index (χ3v) is 3.27. The summed E-state index contributed by atoms with van der Waals surface area (Å²) in [6.45, 7) is 5.47. The Morgan fingerprint density at radius 2 is 2.00 bits per heavy atom. The summed E-state index contributed by atoms with van der Waals surface area (Å²) in [5.74, 6) is 3.69. The number of nitrogens with one attached hydrogen (secondary N) is 1. The molecule has 1 N–H and O–H groups in total. The highest BCUT2D eigenvalue weighted by atomic mass is 16.7. The van der Waals surface area contributed by atoms with E-state index in [9.17, 15) is 0 Å². The van der Waals surface area contributed by atoms with E-state index in [4.69, 9.17) is 14.2 Å². The molecule has 1 aliphatic rings. The third-order valence-electron chi connectivity index (χ3n) is 3.27. The van der Waals surface area contributed by atoms with Gasteiger partial charge in [0.1, 0.15) is 11.6 Å². The van der Waals surface area contributed by atoms with Gasteiger partial charge in [0.15, 0.2) is 11.5 Å². The largest absolute Gasteiger partial charge is 0.478 e. The van der Waals surface area contributed by atoms with Crippen molar-refractivity contribution < 1.29 is 14.2 Å². The van der Waals surface area contributed by atoms with E-state index in [-0.39, 0.29) is 6.79 Å². The molecule has 0 fully saturated rings. The molecule has 0 saturated carbocycles. The molecule has 0 radical (unpaired) electrons. The molecule has 22 heavy (non-hydrogen) atoms. The van der Waals surface area contributed by atoms with Crippen LogP contribution in [0.4, 0.5) is 5.82 Å². The third kappa shape index (κ3) is 3.21. The lowest BCUT2D eigenvalue weighted by molar-refractivity contribution is 0.174. The van der Waals surface area contributed by atoms with Crippen molar-refractivity contribution in [2.75, 3.05) is 18.7 Å². The van der Waals surface area contributed by atoms with E-state index in [0.29, 0.717) is 19.0 Å². The van der Waals surface area contributed by atoms with Crippen LogP contribution in [-0.2, 0) is 13.0 Å². The average molecular weight is 301 g/mol. The fourth-order valence-corrected chi connectivity index (χ4v) is 2.19. The van der Waals surface area contributed by atoms with Crippen molar-refractivity contribution >= 4 is 5.82 Å². The average Bonchev–Trinajstić information content (AvgIpc) is 3.00. The van der Waals surface area contributed by atoms with Crippen molar-refractivity contribution in [3.05, 3.63) is 35.7 Å². The van der Waals surface area contributed by atoms with Crippen LogP contribution in [0.5, 0.6) is 17.4 Å². The van der Waals surface area contributed by atoms with Gasteiger partial charge in [-0.05, 0) is 24.6 Å². The van der Waals surface area contributed by atoms with Gasteiger partial charge in [0.05, 0.1) is 6.61 Å². The second-order valence-corrected chi connectivity index (χ2v) is 4.84. The second-order valence-electron chi connectivity index (χ2n) is 4.84. The molecule has 1 aromatic heterocycles. The molecule has 0 bridgehead atoms. The smallest absolute Gasteiger partial charge is 0.231 e. The molecule has 6 nitrogen and oxygen atoms in total. The highest BCUT2D eigenvalue weighted by Crippen LogP contribution is 2.32. The van der Waals surface area contributed by atoms with E-state index < -0.39 is 0 Å². The summed E-state index contributed by atoms with van der Waals surface area (Å²) < 4.78 is 16.2. The summed E-state index contributed by atoms with van der Waals surface area (Å²) in [4.78, 5) is 8.80. The van der Waals surface area contributed by atoms with Crippen LogP contribution in [0, 0.1) is 0 Å². The molecular weight excluding hydrogens is 282 g/mol. The number of benzene rings is 1. The minimum atomic E-state index is 0.287. The Labute approximate surface area is 129 Å². The minimum Gasteiger partial charge on any atom is -0.478 e. The van der Waals surface area contributed by atoms with Crippen molar-refractivity contribution in [3.63, 3.8) is 0 Å². The number of hydrogen-bond acceptors (Lipinski definition) is 6.